The molecule has 2 saturated carbocycles. The summed E-state index contributed by atoms with van der Waals surface area (Å²) in [6, 6.07) is 5.08. The standard InChI is InChI=1S/C14H17Cl2NO2S/c15-12-4-2-10(6-13(12)16)8-20(18,19)17-14-7-9-1-3-11(14)5-9/h2,4,6,9,11,14,17H,1,3,5,7-8H2/t9-,11-,14-/m0/s1. The number of halogens is 2. The highest BCUT2D eigenvalue weighted by atomic mass is 35.5. The number of benzene rings is 1. The van der Waals surface area contributed by atoms with Crippen molar-refractivity contribution in [1.29, 1.82) is 0 Å². The van der Waals surface area contributed by atoms with Crippen LogP contribution in [0.5, 0.6) is 0 Å². The number of fused-ring (bicyclic) bond motifs is 2. The van der Waals surface area contributed by atoms with Crippen LogP contribution in [0, 0.1) is 11.8 Å². The molecule has 3 atom stereocenters. The third-order valence-corrected chi connectivity index (χ3v) is 6.52. The predicted molar refractivity (Wildman–Crippen MR) is 81.5 cm³/mol. The summed E-state index contributed by atoms with van der Waals surface area (Å²) in [5.41, 5.74) is 0.662. The van der Waals surface area contributed by atoms with Gasteiger partial charge in [0.05, 0.1) is 15.8 Å². The molecule has 0 saturated heterocycles. The van der Waals surface area contributed by atoms with Gasteiger partial charge in [0.2, 0.25) is 10.0 Å². The Morgan fingerprint density at radius 1 is 1.15 bits per heavy atom. The molecule has 0 unspecified atom stereocenters. The fourth-order valence-corrected chi connectivity index (χ4v) is 5.28. The summed E-state index contributed by atoms with van der Waals surface area (Å²) in [6.45, 7) is 0. The second kappa shape index (κ2) is 5.48. The highest BCUT2D eigenvalue weighted by molar-refractivity contribution is 7.88. The number of hydrogen-bond acceptors (Lipinski definition) is 2. The molecule has 0 amide bonds. The van der Waals surface area contributed by atoms with Crippen LogP contribution in [0.2, 0.25) is 10.0 Å². The first-order valence-electron chi connectivity index (χ1n) is 6.87. The summed E-state index contributed by atoms with van der Waals surface area (Å²) >= 11 is 11.8. The van der Waals surface area contributed by atoms with Crippen LogP contribution in [-0.2, 0) is 15.8 Å². The molecule has 0 spiro atoms. The average molecular weight is 334 g/mol. The molecule has 2 fully saturated rings. The molecule has 6 heteroatoms. The van der Waals surface area contributed by atoms with Crippen molar-refractivity contribution in [1.82, 2.24) is 4.72 Å². The molecule has 0 heterocycles. The van der Waals surface area contributed by atoms with Crippen molar-refractivity contribution in [2.24, 2.45) is 11.8 Å². The van der Waals surface area contributed by atoms with Gasteiger partial charge < -0.3 is 0 Å². The molecule has 1 N–H and O–H groups in total. The SMILES string of the molecule is O=S(=O)(Cc1ccc(Cl)c(Cl)c1)N[C@H]1C[C@H]2CC[C@H]1C2. The first kappa shape index (κ1) is 14.6. The molecular formula is C14H17Cl2NO2S. The Hall–Kier alpha value is -0.290. The van der Waals surface area contributed by atoms with Crippen LogP contribution in [0.4, 0.5) is 0 Å². The fourth-order valence-electron chi connectivity index (χ4n) is 3.51. The highest BCUT2D eigenvalue weighted by Gasteiger charge is 2.41. The van der Waals surface area contributed by atoms with Crippen LogP contribution in [0.15, 0.2) is 18.2 Å². The zero-order valence-electron chi connectivity index (χ0n) is 11.0. The van der Waals surface area contributed by atoms with Gasteiger partial charge in [-0.1, -0.05) is 35.7 Å². The summed E-state index contributed by atoms with van der Waals surface area (Å²) in [5, 5.41) is 0.827. The smallest absolute Gasteiger partial charge is 0.212 e. The van der Waals surface area contributed by atoms with Crippen molar-refractivity contribution in [2.75, 3.05) is 0 Å². The van der Waals surface area contributed by atoms with E-state index >= 15 is 0 Å². The van der Waals surface area contributed by atoms with Gasteiger partial charge in [0.1, 0.15) is 0 Å². The van der Waals surface area contributed by atoms with Crippen molar-refractivity contribution >= 4 is 33.2 Å². The van der Waals surface area contributed by atoms with E-state index < -0.39 is 10.0 Å². The second-order valence-electron chi connectivity index (χ2n) is 5.91. The van der Waals surface area contributed by atoms with Crippen LogP contribution in [0.3, 0.4) is 0 Å². The zero-order chi connectivity index (χ0) is 14.3. The third kappa shape index (κ3) is 3.14. The molecule has 2 aliphatic carbocycles. The van der Waals surface area contributed by atoms with Gasteiger partial charge in [-0.3, -0.25) is 0 Å². The summed E-state index contributed by atoms with van der Waals surface area (Å²) < 4.78 is 27.3. The third-order valence-electron chi connectivity index (χ3n) is 4.41. The molecule has 20 heavy (non-hydrogen) atoms. The first-order chi connectivity index (χ1) is 9.43. The van der Waals surface area contributed by atoms with Gasteiger partial charge in [-0.2, -0.15) is 0 Å². The lowest BCUT2D eigenvalue weighted by atomic mass is 9.96. The van der Waals surface area contributed by atoms with Crippen LogP contribution < -0.4 is 4.72 Å². The van der Waals surface area contributed by atoms with E-state index in [9.17, 15) is 8.42 Å². The molecule has 1 aromatic rings. The van der Waals surface area contributed by atoms with E-state index in [0.717, 1.165) is 18.8 Å². The van der Waals surface area contributed by atoms with E-state index in [4.69, 9.17) is 23.2 Å². The molecule has 2 aliphatic rings. The van der Waals surface area contributed by atoms with Gasteiger partial charge >= 0.3 is 0 Å². The molecule has 3 rings (SSSR count). The lowest BCUT2D eigenvalue weighted by Gasteiger charge is -2.22. The topological polar surface area (TPSA) is 46.2 Å². The van der Waals surface area contributed by atoms with Crippen LogP contribution >= 0.6 is 23.2 Å². The van der Waals surface area contributed by atoms with E-state index in [1.165, 1.54) is 12.8 Å². The van der Waals surface area contributed by atoms with Gasteiger partial charge in [0, 0.05) is 6.04 Å². The molecule has 110 valence electrons. The van der Waals surface area contributed by atoms with Gasteiger partial charge in [-0.25, -0.2) is 13.1 Å². The summed E-state index contributed by atoms with van der Waals surface area (Å²) in [5.74, 6) is 1.21. The minimum atomic E-state index is -3.32. The maximum absolute atomic E-state index is 12.2. The molecule has 3 nitrogen and oxygen atoms in total. The largest absolute Gasteiger partial charge is 0.216 e. The van der Waals surface area contributed by atoms with Crippen molar-refractivity contribution in [3.63, 3.8) is 0 Å². The lowest BCUT2D eigenvalue weighted by Crippen LogP contribution is -2.39. The van der Waals surface area contributed by atoms with Crippen molar-refractivity contribution < 1.29 is 8.42 Å². The van der Waals surface area contributed by atoms with Gasteiger partial charge in [0.25, 0.3) is 0 Å². The quantitative estimate of drug-likeness (QED) is 0.914. The van der Waals surface area contributed by atoms with E-state index in [2.05, 4.69) is 4.72 Å². The Bertz CT molecular complexity index is 618. The Morgan fingerprint density at radius 2 is 1.95 bits per heavy atom. The molecule has 2 bridgehead atoms. The average Bonchev–Trinajstić information content (AvgIpc) is 2.95. The van der Waals surface area contributed by atoms with E-state index in [0.29, 0.717) is 21.5 Å². The maximum atomic E-state index is 12.2. The zero-order valence-corrected chi connectivity index (χ0v) is 13.3. The summed E-state index contributed by atoms with van der Waals surface area (Å²) in [7, 11) is -3.32. The first-order valence-corrected chi connectivity index (χ1v) is 9.28. The number of sulfonamides is 1. The molecular weight excluding hydrogens is 317 g/mol. The Labute approximate surface area is 129 Å². The van der Waals surface area contributed by atoms with Crippen molar-refractivity contribution in [2.45, 2.75) is 37.5 Å². The molecule has 1 aromatic carbocycles. The van der Waals surface area contributed by atoms with Crippen LogP contribution in [-0.4, -0.2) is 14.5 Å². The lowest BCUT2D eigenvalue weighted by molar-refractivity contribution is 0.390. The second-order valence-corrected chi connectivity index (χ2v) is 8.48. The normalized spacial score (nSPS) is 29.0. The van der Waals surface area contributed by atoms with Gasteiger partial charge in [-0.15, -0.1) is 0 Å². The minimum absolute atomic E-state index is 0.0439. The van der Waals surface area contributed by atoms with E-state index in [-0.39, 0.29) is 11.8 Å². The van der Waals surface area contributed by atoms with Crippen LogP contribution in [0.25, 0.3) is 0 Å². The number of rotatable bonds is 4. The van der Waals surface area contributed by atoms with E-state index in [1.54, 1.807) is 18.2 Å². The van der Waals surface area contributed by atoms with Crippen LogP contribution in [0.1, 0.15) is 31.2 Å². The Balaban J connectivity index is 1.67. The highest BCUT2D eigenvalue weighted by Crippen LogP contribution is 2.44. The van der Waals surface area contributed by atoms with E-state index in [1.807, 2.05) is 0 Å². The fraction of sp³-hybridized carbons (Fsp3) is 0.571. The van der Waals surface area contributed by atoms with Crippen molar-refractivity contribution in [3.05, 3.63) is 33.8 Å². The molecule has 0 radical (unpaired) electrons. The number of nitrogens with one attached hydrogen (secondary N) is 1. The monoisotopic (exact) mass is 333 g/mol. The van der Waals surface area contributed by atoms with Crippen molar-refractivity contribution in [3.8, 4) is 0 Å². The summed E-state index contributed by atoms with van der Waals surface area (Å²) in [4.78, 5) is 0. The Kier molecular flexibility index (Phi) is 4.01. The predicted octanol–water partition coefficient (Wildman–Crippen LogP) is 3.60. The maximum Gasteiger partial charge on any atom is 0.216 e. The summed E-state index contributed by atoms with van der Waals surface area (Å²) in [6.07, 6.45) is 4.59. The molecule has 0 aliphatic heterocycles. The Morgan fingerprint density at radius 3 is 2.55 bits per heavy atom. The number of hydrogen-bond donors (Lipinski definition) is 1. The minimum Gasteiger partial charge on any atom is -0.212 e. The molecule has 0 aromatic heterocycles. The van der Waals surface area contributed by atoms with Gasteiger partial charge in [0.15, 0.2) is 0 Å². The van der Waals surface area contributed by atoms with Gasteiger partial charge in [-0.05, 0) is 48.8 Å².